The van der Waals surface area contributed by atoms with E-state index in [-0.39, 0.29) is 0 Å². The Morgan fingerprint density at radius 3 is 2.85 bits per heavy atom. The van der Waals surface area contributed by atoms with Crippen LogP contribution in [0.2, 0.25) is 0 Å². The maximum absolute atomic E-state index is 5.99. The highest BCUT2D eigenvalue weighted by Gasteiger charge is 2.20. The fourth-order valence-corrected chi connectivity index (χ4v) is 3.17. The average Bonchev–Trinajstić information content (AvgIpc) is 2.46. The summed E-state index contributed by atoms with van der Waals surface area (Å²) < 4.78 is 5.99. The highest BCUT2D eigenvalue weighted by Crippen LogP contribution is 2.31. The molecule has 0 fully saturated rings. The minimum Gasteiger partial charge on any atom is -0.373 e. The summed E-state index contributed by atoms with van der Waals surface area (Å²) in [6, 6.07) is 9.40. The molecule has 0 saturated heterocycles. The molecule has 2 unspecified atom stereocenters. The molecule has 1 N–H and O–H groups in total. The third kappa shape index (κ3) is 4.07. The van der Waals surface area contributed by atoms with Gasteiger partial charge in [0.25, 0.3) is 0 Å². The van der Waals surface area contributed by atoms with Gasteiger partial charge in [-0.1, -0.05) is 45.0 Å². The quantitative estimate of drug-likeness (QED) is 0.808. The van der Waals surface area contributed by atoms with Gasteiger partial charge in [-0.15, -0.1) is 0 Å². The van der Waals surface area contributed by atoms with E-state index in [1.165, 1.54) is 24.0 Å². The number of nitrogens with one attached hydrogen (secondary N) is 1. The van der Waals surface area contributed by atoms with E-state index in [1.807, 2.05) is 0 Å². The zero-order chi connectivity index (χ0) is 14.4. The van der Waals surface area contributed by atoms with E-state index in [9.17, 15) is 0 Å². The van der Waals surface area contributed by atoms with Gasteiger partial charge in [0.05, 0.1) is 12.7 Å². The van der Waals surface area contributed by atoms with Gasteiger partial charge >= 0.3 is 0 Å². The van der Waals surface area contributed by atoms with Crippen LogP contribution >= 0.6 is 0 Å². The lowest BCUT2D eigenvalue weighted by Crippen LogP contribution is -2.33. The number of hydrogen-bond donors (Lipinski definition) is 1. The molecular formula is C18H29NO. The normalized spacial score (nSPS) is 19.9. The van der Waals surface area contributed by atoms with E-state index in [4.69, 9.17) is 4.74 Å². The molecule has 2 atom stereocenters. The molecule has 1 aliphatic rings. The van der Waals surface area contributed by atoms with Crippen molar-refractivity contribution < 1.29 is 4.74 Å². The summed E-state index contributed by atoms with van der Waals surface area (Å²) >= 11 is 0. The van der Waals surface area contributed by atoms with Gasteiger partial charge in [-0.3, -0.25) is 0 Å². The molecule has 1 aromatic rings. The molecule has 1 heterocycles. The first-order valence-electron chi connectivity index (χ1n) is 8.15. The van der Waals surface area contributed by atoms with Crippen LogP contribution in [0.3, 0.4) is 0 Å². The van der Waals surface area contributed by atoms with Crippen molar-refractivity contribution in [2.45, 2.75) is 58.6 Å². The molecule has 0 bridgehead atoms. The van der Waals surface area contributed by atoms with Crippen molar-refractivity contribution in [2.24, 2.45) is 5.92 Å². The van der Waals surface area contributed by atoms with Gasteiger partial charge in [-0.05, 0) is 49.3 Å². The summed E-state index contributed by atoms with van der Waals surface area (Å²) in [7, 11) is 0. The lowest BCUT2D eigenvalue weighted by molar-refractivity contribution is 0.0341. The zero-order valence-corrected chi connectivity index (χ0v) is 13.2. The lowest BCUT2D eigenvalue weighted by Gasteiger charge is -2.27. The molecule has 0 aromatic heterocycles. The van der Waals surface area contributed by atoms with Crippen molar-refractivity contribution in [1.29, 1.82) is 0 Å². The number of benzene rings is 1. The van der Waals surface area contributed by atoms with E-state index >= 15 is 0 Å². The van der Waals surface area contributed by atoms with Crippen LogP contribution in [0.25, 0.3) is 0 Å². The first-order valence-corrected chi connectivity index (χ1v) is 8.15. The van der Waals surface area contributed by atoms with Crippen LogP contribution in [0.5, 0.6) is 0 Å². The van der Waals surface area contributed by atoms with Crippen molar-refractivity contribution in [3.63, 3.8) is 0 Å². The van der Waals surface area contributed by atoms with E-state index in [0.29, 0.717) is 18.1 Å². The third-order valence-corrected chi connectivity index (χ3v) is 4.34. The number of ether oxygens (including phenoxy) is 1. The summed E-state index contributed by atoms with van der Waals surface area (Å²) in [5.41, 5.74) is 2.90. The molecule has 1 aromatic carbocycles. The topological polar surface area (TPSA) is 21.3 Å². The second-order valence-electron chi connectivity index (χ2n) is 6.15. The van der Waals surface area contributed by atoms with Crippen molar-refractivity contribution in [2.75, 3.05) is 13.2 Å². The molecule has 1 aliphatic heterocycles. The van der Waals surface area contributed by atoms with Gasteiger partial charge in [0, 0.05) is 6.04 Å². The van der Waals surface area contributed by atoms with Crippen LogP contribution in [0, 0.1) is 5.92 Å². The molecule has 0 radical (unpaired) electrons. The van der Waals surface area contributed by atoms with Crippen LogP contribution in [-0.2, 0) is 11.2 Å². The molecule has 2 nitrogen and oxygen atoms in total. The highest BCUT2D eigenvalue weighted by atomic mass is 16.5. The van der Waals surface area contributed by atoms with Crippen LogP contribution in [0.4, 0.5) is 0 Å². The Morgan fingerprint density at radius 2 is 2.10 bits per heavy atom. The Bertz CT molecular complexity index is 402. The molecular weight excluding hydrogens is 246 g/mol. The fourth-order valence-electron chi connectivity index (χ4n) is 3.17. The number of rotatable bonds is 7. The Labute approximate surface area is 123 Å². The minimum absolute atomic E-state index is 0.314. The maximum Gasteiger partial charge on any atom is 0.0827 e. The van der Waals surface area contributed by atoms with Gasteiger partial charge in [-0.25, -0.2) is 0 Å². The van der Waals surface area contributed by atoms with Crippen LogP contribution in [0.15, 0.2) is 24.3 Å². The maximum atomic E-state index is 5.99. The lowest BCUT2D eigenvalue weighted by atomic mass is 9.92. The Balaban J connectivity index is 1.86. The number of fused-ring (bicyclic) bond motifs is 1. The summed E-state index contributed by atoms with van der Waals surface area (Å²) in [5, 5.41) is 3.60. The van der Waals surface area contributed by atoms with Gasteiger partial charge in [0.2, 0.25) is 0 Å². The smallest absolute Gasteiger partial charge is 0.0827 e. The van der Waals surface area contributed by atoms with Crippen molar-refractivity contribution >= 4 is 0 Å². The summed E-state index contributed by atoms with van der Waals surface area (Å²) in [6.45, 7) is 8.74. The number of hydrogen-bond acceptors (Lipinski definition) is 2. The Morgan fingerprint density at radius 1 is 1.30 bits per heavy atom. The second kappa shape index (κ2) is 7.80. The molecule has 0 aliphatic carbocycles. The SMILES string of the molecule is CCNC(CCCC1OCCc2ccccc21)C(C)C. The molecule has 112 valence electrons. The van der Waals surface area contributed by atoms with Gasteiger partial charge in [0.1, 0.15) is 0 Å². The van der Waals surface area contributed by atoms with Gasteiger partial charge in [-0.2, -0.15) is 0 Å². The predicted octanol–water partition coefficient (Wildman–Crippen LogP) is 4.10. The van der Waals surface area contributed by atoms with E-state index < -0.39 is 0 Å². The fraction of sp³-hybridized carbons (Fsp3) is 0.667. The van der Waals surface area contributed by atoms with Crippen LogP contribution in [0.1, 0.15) is 57.3 Å². The second-order valence-corrected chi connectivity index (χ2v) is 6.15. The molecule has 2 heteroatoms. The van der Waals surface area contributed by atoms with Gasteiger partial charge < -0.3 is 10.1 Å². The largest absolute Gasteiger partial charge is 0.373 e. The van der Waals surface area contributed by atoms with E-state index in [0.717, 1.165) is 26.0 Å². The Kier molecular flexibility index (Phi) is 6.06. The van der Waals surface area contributed by atoms with E-state index in [1.54, 1.807) is 0 Å². The third-order valence-electron chi connectivity index (χ3n) is 4.34. The van der Waals surface area contributed by atoms with E-state index in [2.05, 4.69) is 50.4 Å². The first-order chi connectivity index (χ1) is 9.72. The summed E-state index contributed by atoms with van der Waals surface area (Å²) in [6.07, 6.45) is 5.00. The average molecular weight is 275 g/mol. The zero-order valence-electron chi connectivity index (χ0n) is 13.2. The van der Waals surface area contributed by atoms with Crippen LogP contribution < -0.4 is 5.32 Å². The summed E-state index contributed by atoms with van der Waals surface area (Å²) in [4.78, 5) is 0. The monoisotopic (exact) mass is 275 g/mol. The molecule has 2 rings (SSSR count). The van der Waals surface area contributed by atoms with Crippen molar-refractivity contribution in [3.05, 3.63) is 35.4 Å². The molecule has 0 saturated carbocycles. The standard InChI is InChI=1S/C18H29NO/c1-4-19-17(14(2)3)10-7-11-18-16-9-6-5-8-15(16)12-13-20-18/h5-6,8-9,14,17-19H,4,7,10-13H2,1-3H3. The molecule has 0 amide bonds. The molecule has 20 heavy (non-hydrogen) atoms. The van der Waals surface area contributed by atoms with Crippen LogP contribution in [-0.4, -0.2) is 19.2 Å². The van der Waals surface area contributed by atoms with Gasteiger partial charge in [0.15, 0.2) is 0 Å². The summed E-state index contributed by atoms with van der Waals surface area (Å²) in [5.74, 6) is 0.703. The minimum atomic E-state index is 0.314. The van der Waals surface area contributed by atoms with Crippen molar-refractivity contribution in [1.82, 2.24) is 5.32 Å². The predicted molar refractivity (Wildman–Crippen MR) is 85.0 cm³/mol. The highest BCUT2D eigenvalue weighted by molar-refractivity contribution is 5.30. The molecule has 0 spiro atoms. The first kappa shape index (κ1) is 15.5. The van der Waals surface area contributed by atoms with Crippen molar-refractivity contribution in [3.8, 4) is 0 Å². The Hall–Kier alpha value is -0.860.